The van der Waals surface area contributed by atoms with Gasteiger partial charge in [-0.3, -0.25) is 4.90 Å². The van der Waals surface area contributed by atoms with Crippen LogP contribution in [0, 0.1) is 0 Å². The van der Waals surface area contributed by atoms with Crippen LogP contribution in [0.2, 0.25) is 0 Å². The minimum atomic E-state index is 0.232. The van der Waals surface area contributed by atoms with Gasteiger partial charge in [0.1, 0.15) is 0 Å². The van der Waals surface area contributed by atoms with Crippen molar-refractivity contribution in [3.63, 3.8) is 0 Å². The highest BCUT2D eigenvalue weighted by atomic mass is 16.3. The van der Waals surface area contributed by atoms with Crippen LogP contribution in [-0.2, 0) is 6.54 Å². The highest BCUT2D eigenvalue weighted by Gasteiger charge is 2.18. The molecule has 6 nitrogen and oxygen atoms in total. The zero-order valence-corrected chi connectivity index (χ0v) is 12.3. The molecule has 6 heteroatoms. The third-order valence-electron chi connectivity index (χ3n) is 3.52. The number of rotatable bonds is 7. The van der Waals surface area contributed by atoms with E-state index in [2.05, 4.69) is 32.0 Å². The van der Waals surface area contributed by atoms with E-state index in [0.717, 1.165) is 63.7 Å². The van der Waals surface area contributed by atoms with Gasteiger partial charge in [0.25, 0.3) is 0 Å². The fourth-order valence-electron chi connectivity index (χ4n) is 2.32. The zero-order valence-electron chi connectivity index (χ0n) is 12.3. The first-order valence-electron chi connectivity index (χ1n) is 7.43. The highest BCUT2D eigenvalue weighted by molar-refractivity contribution is 5.30. The molecule has 0 saturated carbocycles. The molecular formula is C14H25N5O. The Morgan fingerprint density at radius 2 is 1.90 bits per heavy atom. The van der Waals surface area contributed by atoms with Gasteiger partial charge >= 0.3 is 0 Å². The maximum absolute atomic E-state index is 8.93. The number of piperazine rings is 1. The van der Waals surface area contributed by atoms with E-state index in [1.807, 2.05) is 12.4 Å². The SMILES string of the molecule is CCCNCc1cnc(N2CCN(CCO)CC2)nc1. The molecule has 0 spiro atoms. The second-order valence-electron chi connectivity index (χ2n) is 5.12. The van der Waals surface area contributed by atoms with Gasteiger partial charge in [0.2, 0.25) is 5.95 Å². The molecule has 1 fully saturated rings. The lowest BCUT2D eigenvalue weighted by molar-refractivity contribution is 0.188. The van der Waals surface area contributed by atoms with Crippen LogP contribution in [0.25, 0.3) is 0 Å². The average Bonchev–Trinajstić information content (AvgIpc) is 2.49. The van der Waals surface area contributed by atoms with Gasteiger partial charge in [-0.25, -0.2) is 9.97 Å². The molecule has 1 aliphatic heterocycles. The van der Waals surface area contributed by atoms with Gasteiger partial charge < -0.3 is 15.3 Å². The van der Waals surface area contributed by atoms with Crippen LogP contribution in [-0.4, -0.2) is 65.8 Å². The van der Waals surface area contributed by atoms with Crippen LogP contribution in [0.15, 0.2) is 12.4 Å². The topological polar surface area (TPSA) is 64.5 Å². The van der Waals surface area contributed by atoms with Crippen LogP contribution in [0.4, 0.5) is 5.95 Å². The summed E-state index contributed by atoms with van der Waals surface area (Å²) >= 11 is 0. The minimum Gasteiger partial charge on any atom is -0.395 e. The van der Waals surface area contributed by atoms with Crippen molar-refractivity contribution in [2.75, 3.05) is 50.8 Å². The summed E-state index contributed by atoms with van der Waals surface area (Å²) in [5.41, 5.74) is 1.13. The maximum atomic E-state index is 8.93. The Kier molecular flexibility index (Phi) is 6.17. The van der Waals surface area contributed by atoms with Gasteiger partial charge in [-0.15, -0.1) is 0 Å². The van der Waals surface area contributed by atoms with Gasteiger partial charge in [0.15, 0.2) is 0 Å². The van der Waals surface area contributed by atoms with Crippen molar-refractivity contribution < 1.29 is 5.11 Å². The van der Waals surface area contributed by atoms with Gasteiger partial charge in [-0.1, -0.05) is 6.92 Å². The number of nitrogens with zero attached hydrogens (tertiary/aromatic N) is 4. The standard InChI is InChI=1S/C14H25N5O/c1-2-3-15-10-13-11-16-14(17-12-13)19-6-4-18(5-7-19)8-9-20/h11-12,15,20H,2-10H2,1H3. The molecule has 0 unspecified atom stereocenters. The lowest BCUT2D eigenvalue weighted by Crippen LogP contribution is -2.47. The number of hydrogen-bond acceptors (Lipinski definition) is 6. The number of hydrogen-bond donors (Lipinski definition) is 2. The molecule has 20 heavy (non-hydrogen) atoms. The van der Waals surface area contributed by atoms with E-state index in [4.69, 9.17) is 5.11 Å². The van der Waals surface area contributed by atoms with E-state index in [1.54, 1.807) is 0 Å². The number of β-amino-alcohol motifs (C(OH)–C–C–N with tert-alkyl or cyclic N) is 1. The lowest BCUT2D eigenvalue weighted by Gasteiger charge is -2.34. The molecule has 0 amide bonds. The first-order chi connectivity index (χ1) is 9.83. The quantitative estimate of drug-likeness (QED) is 0.690. The van der Waals surface area contributed by atoms with Crippen molar-refractivity contribution in [3.8, 4) is 0 Å². The lowest BCUT2D eigenvalue weighted by atomic mass is 10.3. The molecule has 0 aliphatic carbocycles. The fourth-order valence-corrected chi connectivity index (χ4v) is 2.32. The third kappa shape index (κ3) is 4.40. The Morgan fingerprint density at radius 3 is 2.50 bits per heavy atom. The van der Waals surface area contributed by atoms with E-state index in [0.29, 0.717) is 0 Å². The van der Waals surface area contributed by atoms with Crippen molar-refractivity contribution >= 4 is 5.95 Å². The summed E-state index contributed by atoms with van der Waals surface area (Å²) < 4.78 is 0. The Bertz CT molecular complexity index is 376. The summed E-state index contributed by atoms with van der Waals surface area (Å²) in [6.45, 7) is 8.77. The summed E-state index contributed by atoms with van der Waals surface area (Å²) in [6.07, 6.45) is 4.95. The molecule has 0 atom stereocenters. The Balaban J connectivity index is 1.81. The highest BCUT2D eigenvalue weighted by Crippen LogP contribution is 2.10. The second kappa shape index (κ2) is 8.14. The molecular weight excluding hydrogens is 254 g/mol. The monoisotopic (exact) mass is 279 g/mol. The molecule has 1 aromatic rings. The van der Waals surface area contributed by atoms with Crippen molar-refractivity contribution in [2.24, 2.45) is 0 Å². The molecule has 0 aromatic carbocycles. The normalized spacial score (nSPS) is 16.6. The molecule has 0 radical (unpaired) electrons. The molecule has 2 rings (SSSR count). The molecule has 1 saturated heterocycles. The number of aromatic nitrogens is 2. The van der Waals surface area contributed by atoms with Crippen molar-refractivity contribution in [1.82, 2.24) is 20.2 Å². The van der Waals surface area contributed by atoms with Gasteiger partial charge in [0.05, 0.1) is 6.61 Å². The number of aliphatic hydroxyl groups is 1. The third-order valence-corrected chi connectivity index (χ3v) is 3.52. The smallest absolute Gasteiger partial charge is 0.225 e. The number of aliphatic hydroxyl groups excluding tert-OH is 1. The van der Waals surface area contributed by atoms with Crippen LogP contribution in [0.3, 0.4) is 0 Å². The predicted octanol–water partition coefficient (Wildman–Crippen LogP) is 0.0905. The van der Waals surface area contributed by atoms with E-state index in [-0.39, 0.29) is 6.61 Å². The first-order valence-corrected chi connectivity index (χ1v) is 7.43. The van der Waals surface area contributed by atoms with Crippen LogP contribution in [0.1, 0.15) is 18.9 Å². The average molecular weight is 279 g/mol. The molecule has 1 aromatic heterocycles. The van der Waals surface area contributed by atoms with E-state index in [9.17, 15) is 0 Å². The zero-order chi connectivity index (χ0) is 14.2. The molecule has 112 valence electrons. The Morgan fingerprint density at radius 1 is 1.20 bits per heavy atom. The van der Waals surface area contributed by atoms with Gasteiger partial charge in [0, 0.05) is 57.2 Å². The van der Waals surface area contributed by atoms with E-state index < -0.39 is 0 Å². The Hall–Kier alpha value is -1.24. The summed E-state index contributed by atoms with van der Waals surface area (Å²) in [5.74, 6) is 0.813. The van der Waals surface area contributed by atoms with Crippen LogP contribution >= 0.6 is 0 Å². The van der Waals surface area contributed by atoms with Crippen LogP contribution in [0.5, 0.6) is 0 Å². The molecule has 2 heterocycles. The fraction of sp³-hybridized carbons (Fsp3) is 0.714. The van der Waals surface area contributed by atoms with E-state index >= 15 is 0 Å². The largest absolute Gasteiger partial charge is 0.395 e. The van der Waals surface area contributed by atoms with Gasteiger partial charge in [-0.2, -0.15) is 0 Å². The molecule has 1 aliphatic rings. The summed E-state index contributed by atoms with van der Waals surface area (Å²) in [5, 5.41) is 12.3. The van der Waals surface area contributed by atoms with Crippen LogP contribution < -0.4 is 10.2 Å². The maximum Gasteiger partial charge on any atom is 0.225 e. The first kappa shape index (κ1) is 15.2. The summed E-state index contributed by atoms with van der Waals surface area (Å²) in [7, 11) is 0. The number of anilines is 1. The van der Waals surface area contributed by atoms with E-state index in [1.165, 1.54) is 0 Å². The van der Waals surface area contributed by atoms with Crippen molar-refractivity contribution in [2.45, 2.75) is 19.9 Å². The van der Waals surface area contributed by atoms with Crippen molar-refractivity contribution in [1.29, 1.82) is 0 Å². The molecule has 0 bridgehead atoms. The van der Waals surface area contributed by atoms with Gasteiger partial charge in [-0.05, 0) is 13.0 Å². The Labute approximate surface area is 120 Å². The van der Waals surface area contributed by atoms with Crippen molar-refractivity contribution in [3.05, 3.63) is 18.0 Å². The molecule has 2 N–H and O–H groups in total. The predicted molar refractivity (Wildman–Crippen MR) is 79.8 cm³/mol. The summed E-state index contributed by atoms with van der Waals surface area (Å²) in [6, 6.07) is 0. The minimum absolute atomic E-state index is 0.232. The number of nitrogens with one attached hydrogen (secondary N) is 1. The second-order valence-corrected chi connectivity index (χ2v) is 5.12. The summed E-state index contributed by atoms with van der Waals surface area (Å²) in [4.78, 5) is 13.4.